The molecule has 11 N–H and O–H groups in total. The quantitative estimate of drug-likeness (QED) is 0.0334. The molecule has 3 aliphatic heterocycles. The maximum absolute atomic E-state index is 15.1. The topological polar surface area (TPSA) is 566 Å². The molecule has 1 unspecified atom stereocenters. The number of ether oxygens (including phenoxy) is 18. The predicted molar refractivity (Wildman–Crippen MR) is 528 cm³/mol. The van der Waals surface area contributed by atoms with Crippen molar-refractivity contribution in [3.8, 4) is 5.75 Å². The molecule has 826 valence electrons. The number of carbonyl (C=O) groups is 13. The van der Waals surface area contributed by atoms with E-state index >= 15 is 4.79 Å². The van der Waals surface area contributed by atoms with Gasteiger partial charge in [0.2, 0.25) is 53.0 Å². The van der Waals surface area contributed by atoms with Gasteiger partial charge < -0.3 is 153 Å². The summed E-state index contributed by atoms with van der Waals surface area (Å²) in [4.78, 5) is 184. The Morgan fingerprint density at radius 1 is 0.589 bits per heavy atom. The summed E-state index contributed by atoms with van der Waals surface area (Å²) in [5, 5.41) is 61.3. The molecule has 146 heavy (non-hydrogen) atoms. The Morgan fingerprint density at radius 2 is 1.13 bits per heavy atom. The van der Waals surface area contributed by atoms with Crippen molar-refractivity contribution in [2.24, 2.45) is 23.7 Å². The molecule has 0 aromatic heterocycles. The smallest absolute Gasteiger partial charge is 0.410 e. The molecule has 15 atom stereocenters. The first-order valence-electron chi connectivity index (χ1n) is 49.9. The van der Waals surface area contributed by atoms with Crippen molar-refractivity contribution >= 4 is 82.9 Å². The second kappa shape index (κ2) is 69.9. The highest BCUT2D eigenvalue weighted by atomic mass is 16.7. The van der Waals surface area contributed by atoms with Gasteiger partial charge >= 0.3 is 18.2 Å². The molecule has 0 bridgehead atoms. The number of imide groups is 1. The van der Waals surface area contributed by atoms with Crippen LogP contribution in [0.4, 0.5) is 15.3 Å². The Kier molecular flexibility index (Phi) is 60.4. The number of anilines is 1. The van der Waals surface area contributed by atoms with Gasteiger partial charge in [0, 0.05) is 80.1 Å². The molecule has 5 rings (SSSR count). The van der Waals surface area contributed by atoms with Crippen molar-refractivity contribution in [1.82, 2.24) is 51.5 Å². The minimum absolute atomic E-state index is 0.00580. The molecule has 46 heteroatoms. The number of likely N-dealkylation sites (tertiary alicyclic amines) is 1. The van der Waals surface area contributed by atoms with E-state index < -0.39 is 194 Å². The lowest BCUT2D eigenvalue weighted by atomic mass is 9.89. The summed E-state index contributed by atoms with van der Waals surface area (Å²) < 4.78 is 100. The monoisotopic (exact) mass is 2080 g/mol. The maximum Gasteiger partial charge on any atom is 0.410 e. The normalized spacial score (nSPS) is 17.5. The number of rotatable bonds is 76. The lowest BCUT2D eigenvalue weighted by Crippen LogP contribution is -2.60. The third kappa shape index (κ3) is 46.2. The highest BCUT2D eigenvalue weighted by Gasteiger charge is 2.46. The molecular weight excluding hydrogens is 1920 g/mol. The van der Waals surface area contributed by atoms with E-state index in [1.54, 1.807) is 106 Å². The first-order chi connectivity index (χ1) is 69.8. The molecule has 12 amide bonds. The minimum atomic E-state index is -1.91. The number of unbranched alkanes of at least 4 members (excludes halogenated alkanes) is 1. The minimum Gasteiger partial charge on any atom is -0.475 e. The number of nitrogens with zero attached hydrogens (tertiary/aromatic N) is 4. The largest absolute Gasteiger partial charge is 0.475 e. The van der Waals surface area contributed by atoms with Gasteiger partial charge in [-0.2, -0.15) is 0 Å². The van der Waals surface area contributed by atoms with Crippen LogP contribution in [-0.2, 0) is 140 Å². The fourth-order valence-corrected chi connectivity index (χ4v) is 15.9. The van der Waals surface area contributed by atoms with Crippen molar-refractivity contribution in [3.05, 3.63) is 83.6 Å². The van der Waals surface area contributed by atoms with Gasteiger partial charge in [0.25, 0.3) is 18.1 Å². The SMILES string of the molecule is CC[C@H](C)[C@@H]([C@@H](CC(=O)N1CCC[C@H]1[C@H](OC)[C@@H](C)C(=O)N[C@H](C)[C@@H](O)c1ccccc1)OC)N(C)C(=O)[C@@H](NC(=O)[C@H](C(C)C)N(C)C(=O)OCc1ccc(O[C@@H]2OC(C(=O)O)=C[C@H](O)[C@H]2O)c(NC(=O)CCNC(=O)[C@H](CCCCNC(=O)CCOCCOCCOCCOCCOCCOCCOCCOCCOCCOCCOCCOC)NC(=O)C(CNC(=O)OC(C)(C)C)N2C(=O)C=CC2=O)c1)C(C)C. The molecule has 1 saturated heterocycles. The summed E-state index contributed by atoms with van der Waals surface area (Å²) in [6, 6.07) is 5.34. The van der Waals surface area contributed by atoms with Crippen LogP contribution in [0, 0.1) is 23.7 Å². The Hall–Kier alpha value is -10.3. The molecule has 0 radical (unpaired) electrons. The second-order valence-corrected chi connectivity index (χ2v) is 36.8. The first kappa shape index (κ1) is 126. The van der Waals surface area contributed by atoms with E-state index in [4.69, 9.17) is 85.3 Å². The first-order valence-corrected chi connectivity index (χ1v) is 49.9. The molecule has 0 aliphatic carbocycles. The van der Waals surface area contributed by atoms with E-state index in [1.165, 1.54) is 44.4 Å². The van der Waals surface area contributed by atoms with Gasteiger partial charge in [-0.05, 0) is 107 Å². The van der Waals surface area contributed by atoms with E-state index in [0.717, 1.165) is 23.1 Å². The molecule has 0 saturated carbocycles. The van der Waals surface area contributed by atoms with E-state index in [-0.39, 0.29) is 99.1 Å². The summed E-state index contributed by atoms with van der Waals surface area (Å²) in [6.07, 6.45) is -6.30. The Bertz CT molecular complexity index is 4300. The number of carbonyl (C=O) groups excluding carboxylic acids is 12. The molecule has 1 fully saturated rings. The van der Waals surface area contributed by atoms with Crippen LogP contribution in [0.3, 0.4) is 0 Å². The van der Waals surface area contributed by atoms with E-state index in [1.807, 2.05) is 19.9 Å². The lowest BCUT2D eigenvalue weighted by Gasteiger charge is -2.41. The molecule has 46 nitrogen and oxygen atoms in total. The van der Waals surface area contributed by atoms with Crippen LogP contribution < -0.4 is 42.0 Å². The number of hydrogen-bond donors (Lipinski definition) is 11. The Balaban J connectivity index is 1.14. The molecule has 3 heterocycles. The van der Waals surface area contributed by atoms with Gasteiger partial charge in [-0.1, -0.05) is 91.3 Å². The molecule has 2 aromatic rings. The number of aliphatic hydroxyl groups excluding tert-OH is 3. The Morgan fingerprint density at radius 3 is 1.63 bits per heavy atom. The average molecular weight is 2080 g/mol. The van der Waals surface area contributed by atoms with E-state index in [2.05, 4.69) is 37.2 Å². The fraction of sp³-hybridized carbons (Fsp3) is 0.710. The number of likely N-dealkylation sites (N-methyl/N-ethyl adjacent to an activating group) is 2. The zero-order valence-corrected chi connectivity index (χ0v) is 87.6. The highest BCUT2D eigenvalue weighted by Crippen LogP contribution is 2.34. The predicted octanol–water partition coefficient (Wildman–Crippen LogP) is 3.26. The van der Waals surface area contributed by atoms with Crippen LogP contribution in [0.25, 0.3) is 0 Å². The molecule has 3 aliphatic rings. The van der Waals surface area contributed by atoms with E-state index in [9.17, 15) is 78.0 Å². The van der Waals surface area contributed by atoms with Crippen LogP contribution in [-0.4, -0.2) is 409 Å². The zero-order chi connectivity index (χ0) is 108. The number of benzene rings is 2. The number of alkyl carbamates (subject to hydrolysis) is 1. The molecule has 2 aromatic carbocycles. The summed E-state index contributed by atoms with van der Waals surface area (Å²) in [5.74, 6) is -11.6. The van der Waals surface area contributed by atoms with Gasteiger partial charge in [0.1, 0.15) is 48.2 Å². The van der Waals surface area contributed by atoms with Crippen molar-refractivity contribution < 1.29 is 168 Å². The standard InChI is InChI=1S/C100H161N11O35/c1-17-67(6)87(78(130-15)62-84(117)110-36-23-27-74(110)90(131-16)68(7)91(120)104-69(8)88(118)71-24-19-18-20-25-71)108(12)95(124)85(65(2)3)107-94(123)86(66(4)5)109(13)99(128)143-64-70-28-29-77(144-97-89(119)76(112)61-79(145-97)96(125)126)73(60-70)105-81(114)32-35-102-92(121)72(106-93(122)75(111-82(115)30-31-83(111)116)63-103-98(127)146-100(9,10)11)26-21-22-34-101-80(113)33-37-132-40-41-134-44-45-136-48-49-138-52-53-140-56-57-142-59-58-141-55-54-139-51-50-137-47-46-135-43-42-133-39-38-129-14/h18-20,24-25,28-31,60-61,65-69,72,74-76,78,85-90,97,112,118-119H,17,21-23,26-27,32-59,62-64H2,1-16H3,(H,101,113)(H,102,121)(H,103,127)(H,104,120)(H,105,114)(H,106,122)(H,107,123)(H,125,126)/t67-,68+,69+,72-,74-,75?,76-,78+,85-,86-,87-,88+,89+,90+,97+/m0/s1. The summed E-state index contributed by atoms with van der Waals surface area (Å²) in [5.41, 5.74) is -0.419. The van der Waals surface area contributed by atoms with Gasteiger partial charge in [-0.3, -0.25) is 57.7 Å². The summed E-state index contributed by atoms with van der Waals surface area (Å²) in [6.45, 7) is 26.8. The summed E-state index contributed by atoms with van der Waals surface area (Å²) >= 11 is 0. The fourth-order valence-electron chi connectivity index (χ4n) is 15.9. The van der Waals surface area contributed by atoms with Crippen molar-refractivity contribution in [2.45, 2.75) is 225 Å². The molecular formula is C100H161N11O35. The average Bonchev–Trinajstić information content (AvgIpc) is 1.38. The van der Waals surface area contributed by atoms with Crippen LogP contribution in [0.1, 0.15) is 151 Å². The number of hydrogen-bond acceptors (Lipinski definition) is 34. The maximum atomic E-state index is 15.1. The number of aliphatic carboxylic acids is 1. The van der Waals surface area contributed by atoms with Gasteiger partial charge in [0.05, 0.1) is 213 Å². The van der Waals surface area contributed by atoms with Crippen LogP contribution >= 0.6 is 0 Å². The highest BCUT2D eigenvalue weighted by molar-refractivity contribution is 6.15. The van der Waals surface area contributed by atoms with Gasteiger partial charge in [-0.25, -0.2) is 14.4 Å². The second-order valence-electron chi connectivity index (χ2n) is 36.8. The third-order valence-electron chi connectivity index (χ3n) is 23.9. The number of carboxylic acid groups (broad SMARTS) is 1. The van der Waals surface area contributed by atoms with Crippen molar-refractivity contribution in [2.75, 3.05) is 219 Å². The number of carboxylic acids is 1. The lowest BCUT2D eigenvalue weighted by molar-refractivity contribution is -0.172. The van der Waals surface area contributed by atoms with Crippen molar-refractivity contribution in [3.63, 3.8) is 0 Å². The van der Waals surface area contributed by atoms with Gasteiger partial charge in [-0.15, -0.1) is 0 Å². The number of nitrogens with one attached hydrogen (secondary N) is 7. The Labute approximate surface area is 855 Å². The van der Waals surface area contributed by atoms with Crippen LogP contribution in [0.15, 0.2) is 72.5 Å². The number of aliphatic hydroxyl groups is 3. The number of methoxy groups -OCH3 is 3. The summed E-state index contributed by atoms with van der Waals surface area (Å²) in [7, 11) is 7.47. The van der Waals surface area contributed by atoms with Crippen LogP contribution in [0.2, 0.25) is 0 Å². The van der Waals surface area contributed by atoms with Gasteiger partial charge in [0.15, 0.2) is 6.10 Å². The zero-order valence-electron chi connectivity index (χ0n) is 87.6. The third-order valence-corrected chi connectivity index (χ3v) is 23.9. The number of amides is 12. The van der Waals surface area contributed by atoms with E-state index in [0.29, 0.717) is 168 Å². The van der Waals surface area contributed by atoms with Crippen molar-refractivity contribution in [1.29, 1.82) is 0 Å². The van der Waals surface area contributed by atoms with Crippen LogP contribution in [0.5, 0.6) is 5.75 Å². The molecule has 0 spiro atoms.